The van der Waals surface area contributed by atoms with Gasteiger partial charge in [-0.2, -0.15) is 0 Å². The molecule has 0 bridgehead atoms. The topological polar surface area (TPSA) is 32.3 Å². The minimum Gasteiger partial charge on any atom is -0.374 e. The van der Waals surface area contributed by atoms with E-state index in [4.69, 9.17) is 0 Å². The minimum atomic E-state index is -0.258. The van der Waals surface area contributed by atoms with Gasteiger partial charge in [-0.15, -0.1) is 0 Å². The molecule has 114 valence electrons. The Morgan fingerprint density at radius 2 is 2.05 bits per heavy atom. The number of amides is 1. The van der Waals surface area contributed by atoms with Gasteiger partial charge in [0.2, 0.25) is 5.91 Å². The van der Waals surface area contributed by atoms with E-state index in [0.717, 1.165) is 34.4 Å². The van der Waals surface area contributed by atoms with Crippen molar-refractivity contribution in [2.45, 2.75) is 26.3 Å². The summed E-state index contributed by atoms with van der Waals surface area (Å²) in [5.41, 5.74) is 4.42. The van der Waals surface area contributed by atoms with Gasteiger partial charge in [0.25, 0.3) is 0 Å². The zero-order chi connectivity index (χ0) is 15.7. The van der Waals surface area contributed by atoms with Crippen LogP contribution >= 0.6 is 15.9 Å². The summed E-state index contributed by atoms with van der Waals surface area (Å²) in [5, 5.41) is 3.31. The highest BCUT2D eigenvalue weighted by atomic mass is 79.9. The molecule has 3 nitrogen and oxygen atoms in total. The molecule has 0 saturated carbocycles. The Morgan fingerprint density at radius 1 is 1.27 bits per heavy atom. The largest absolute Gasteiger partial charge is 0.374 e. The predicted molar refractivity (Wildman–Crippen MR) is 94.5 cm³/mol. The molecule has 0 saturated heterocycles. The van der Waals surface area contributed by atoms with E-state index in [2.05, 4.69) is 27.3 Å². The molecule has 4 heteroatoms. The minimum absolute atomic E-state index is 0.116. The number of para-hydroxylation sites is 1. The number of hydrogen-bond acceptors (Lipinski definition) is 2. The number of fused-ring (bicyclic) bond motifs is 1. The van der Waals surface area contributed by atoms with Gasteiger partial charge in [-0.05, 0) is 55.7 Å². The maximum Gasteiger partial charge on any atom is 0.249 e. The summed E-state index contributed by atoms with van der Waals surface area (Å²) in [7, 11) is 0. The van der Waals surface area contributed by atoms with Gasteiger partial charge in [0, 0.05) is 22.4 Å². The standard InChI is InChI=1S/C18H19BrN2O/c1-12-11-15(7-8-16(12)19)20-13(2)18(22)21-10-9-14-5-3-4-6-17(14)21/h3-8,11,13,20H,9-10H2,1-2H3/t13-/m0/s1. The summed E-state index contributed by atoms with van der Waals surface area (Å²) in [6, 6.07) is 13.9. The number of anilines is 2. The van der Waals surface area contributed by atoms with Crippen LogP contribution in [0, 0.1) is 6.92 Å². The molecule has 2 aromatic carbocycles. The first-order valence-corrected chi connectivity index (χ1v) is 8.27. The summed E-state index contributed by atoms with van der Waals surface area (Å²) in [5.74, 6) is 0.116. The molecule has 3 rings (SSSR count). The van der Waals surface area contributed by atoms with E-state index < -0.39 is 0 Å². The summed E-state index contributed by atoms with van der Waals surface area (Å²) >= 11 is 3.49. The number of halogens is 1. The fraction of sp³-hybridized carbons (Fsp3) is 0.278. The van der Waals surface area contributed by atoms with Crippen LogP contribution in [-0.4, -0.2) is 18.5 Å². The van der Waals surface area contributed by atoms with Crippen molar-refractivity contribution in [3.8, 4) is 0 Å². The first-order valence-electron chi connectivity index (χ1n) is 7.48. The van der Waals surface area contributed by atoms with Crippen molar-refractivity contribution >= 4 is 33.2 Å². The van der Waals surface area contributed by atoms with Crippen LogP contribution < -0.4 is 10.2 Å². The molecule has 1 amide bonds. The number of carbonyl (C=O) groups is 1. The lowest BCUT2D eigenvalue weighted by Crippen LogP contribution is -2.40. The zero-order valence-electron chi connectivity index (χ0n) is 12.8. The molecule has 2 aromatic rings. The van der Waals surface area contributed by atoms with Crippen LogP contribution in [0.2, 0.25) is 0 Å². The van der Waals surface area contributed by atoms with Crippen molar-refractivity contribution in [3.63, 3.8) is 0 Å². The molecule has 1 aliphatic rings. The van der Waals surface area contributed by atoms with Crippen molar-refractivity contribution in [1.29, 1.82) is 0 Å². The number of rotatable bonds is 3. The highest BCUT2D eigenvalue weighted by Crippen LogP contribution is 2.28. The summed E-state index contributed by atoms with van der Waals surface area (Å²) in [6.07, 6.45) is 0.937. The Labute approximate surface area is 139 Å². The highest BCUT2D eigenvalue weighted by molar-refractivity contribution is 9.10. The average Bonchev–Trinajstić information content (AvgIpc) is 2.94. The van der Waals surface area contributed by atoms with Gasteiger partial charge in [-0.3, -0.25) is 4.79 Å². The van der Waals surface area contributed by atoms with Gasteiger partial charge >= 0.3 is 0 Å². The molecule has 0 aromatic heterocycles. The van der Waals surface area contributed by atoms with Gasteiger partial charge in [-0.1, -0.05) is 34.1 Å². The van der Waals surface area contributed by atoms with E-state index >= 15 is 0 Å². The molecule has 1 N–H and O–H groups in total. The second-order valence-electron chi connectivity index (χ2n) is 5.70. The molecule has 1 aliphatic heterocycles. The smallest absolute Gasteiger partial charge is 0.249 e. The maximum absolute atomic E-state index is 12.7. The Balaban J connectivity index is 1.74. The van der Waals surface area contributed by atoms with Crippen molar-refractivity contribution in [2.24, 2.45) is 0 Å². The SMILES string of the molecule is Cc1cc(N[C@@H](C)C(=O)N2CCc3ccccc32)ccc1Br. The summed E-state index contributed by atoms with van der Waals surface area (Å²) in [4.78, 5) is 14.6. The molecule has 0 unspecified atom stereocenters. The van der Waals surface area contributed by atoms with E-state index in [1.165, 1.54) is 5.56 Å². The Bertz CT molecular complexity index is 714. The van der Waals surface area contributed by atoms with Gasteiger partial charge in [-0.25, -0.2) is 0 Å². The predicted octanol–water partition coefficient (Wildman–Crippen LogP) is 4.15. The number of nitrogens with zero attached hydrogens (tertiary/aromatic N) is 1. The van der Waals surface area contributed by atoms with Gasteiger partial charge in [0.05, 0.1) is 0 Å². The third-order valence-corrected chi connectivity index (χ3v) is 4.95. The fourth-order valence-corrected chi connectivity index (χ4v) is 3.09. The van der Waals surface area contributed by atoms with Crippen molar-refractivity contribution in [1.82, 2.24) is 0 Å². The lowest BCUT2D eigenvalue weighted by molar-refractivity contribution is -0.118. The molecule has 1 atom stereocenters. The number of hydrogen-bond donors (Lipinski definition) is 1. The Kier molecular flexibility index (Phi) is 4.21. The van der Waals surface area contributed by atoms with E-state index in [1.807, 2.05) is 55.1 Å². The molecule has 0 fully saturated rings. The Hall–Kier alpha value is -1.81. The summed E-state index contributed by atoms with van der Waals surface area (Å²) in [6.45, 7) is 4.72. The van der Waals surface area contributed by atoms with Crippen molar-refractivity contribution in [2.75, 3.05) is 16.8 Å². The van der Waals surface area contributed by atoms with Gasteiger partial charge in [0.1, 0.15) is 6.04 Å². The zero-order valence-corrected chi connectivity index (χ0v) is 14.4. The highest BCUT2D eigenvalue weighted by Gasteiger charge is 2.27. The molecule has 0 radical (unpaired) electrons. The van der Waals surface area contributed by atoms with E-state index in [9.17, 15) is 4.79 Å². The van der Waals surface area contributed by atoms with Crippen LogP contribution in [0.5, 0.6) is 0 Å². The van der Waals surface area contributed by atoms with E-state index in [-0.39, 0.29) is 11.9 Å². The molecule has 0 aliphatic carbocycles. The second-order valence-corrected chi connectivity index (χ2v) is 6.55. The van der Waals surface area contributed by atoms with Crippen LogP contribution in [-0.2, 0) is 11.2 Å². The maximum atomic E-state index is 12.7. The van der Waals surface area contributed by atoms with Crippen molar-refractivity contribution < 1.29 is 4.79 Å². The molecular weight excluding hydrogens is 340 g/mol. The normalized spacial score (nSPS) is 14.6. The van der Waals surface area contributed by atoms with Crippen LogP contribution in [0.1, 0.15) is 18.1 Å². The Morgan fingerprint density at radius 3 is 2.82 bits per heavy atom. The average molecular weight is 359 g/mol. The lowest BCUT2D eigenvalue weighted by Gasteiger charge is -2.23. The van der Waals surface area contributed by atoms with Crippen molar-refractivity contribution in [3.05, 3.63) is 58.1 Å². The van der Waals surface area contributed by atoms with E-state index in [0.29, 0.717) is 0 Å². The van der Waals surface area contributed by atoms with E-state index in [1.54, 1.807) is 0 Å². The van der Waals surface area contributed by atoms with Gasteiger partial charge in [0.15, 0.2) is 0 Å². The first kappa shape index (κ1) is 15.1. The summed E-state index contributed by atoms with van der Waals surface area (Å²) < 4.78 is 1.07. The second kappa shape index (κ2) is 6.13. The number of nitrogens with one attached hydrogen (secondary N) is 1. The lowest BCUT2D eigenvalue weighted by atomic mass is 10.1. The first-order chi connectivity index (χ1) is 10.6. The molecule has 0 spiro atoms. The third kappa shape index (κ3) is 2.88. The monoisotopic (exact) mass is 358 g/mol. The quantitative estimate of drug-likeness (QED) is 0.893. The van der Waals surface area contributed by atoms with Crippen LogP contribution in [0.3, 0.4) is 0 Å². The van der Waals surface area contributed by atoms with Crippen LogP contribution in [0.4, 0.5) is 11.4 Å². The van der Waals surface area contributed by atoms with Crippen LogP contribution in [0.15, 0.2) is 46.9 Å². The number of benzene rings is 2. The fourth-order valence-electron chi connectivity index (χ4n) is 2.85. The van der Waals surface area contributed by atoms with Crippen LogP contribution in [0.25, 0.3) is 0 Å². The third-order valence-electron chi connectivity index (χ3n) is 4.06. The number of aryl methyl sites for hydroxylation is 1. The molecule has 1 heterocycles. The molecule has 22 heavy (non-hydrogen) atoms. The number of carbonyl (C=O) groups excluding carboxylic acids is 1. The van der Waals surface area contributed by atoms with Gasteiger partial charge < -0.3 is 10.2 Å². The molecular formula is C18H19BrN2O.